The highest BCUT2D eigenvalue weighted by Gasteiger charge is 2.23. The molecule has 2 saturated heterocycles. The Bertz CT molecular complexity index is 793. The largest absolute Gasteiger partial charge is 0.353 e. The third-order valence-corrected chi connectivity index (χ3v) is 5.77. The number of amides is 1. The molecule has 2 fully saturated rings. The van der Waals surface area contributed by atoms with Crippen molar-refractivity contribution in [3.8, 4) is 0 Å². The number of rotatable bonds is 4. The van der Waals surface area contributed by atoms with Crippen LogP contribution in [0.5, 0.6) is 0 Å². The molecule has 4 rings (SSSR count). The molecular weight excluding hydrogens is 350 g/mol. The van der Waals surface area contributed by atoms with Crippen LogP contribution in [0, 0.1) is 0 Å². The summed E-state index contributed by atoms with van der Waals surface area (Å²) >= 11 is 0. The highest BCUT2D eigenvalue weighted by atomic mass is 16.2. The molecule has 148 valence electrons. The summed E-state index contributed by atoms with van der Waals surface area (Å²) in [6.07, 6.45) is 6.58. The molecule has 0 radical (unpaired) electrons. The summed E-state index contributed by atoms with van der Waals surface area (Å²) in [5.41, 5.74) is 2.04. The number of aryl methyl sites for hydroxylation is 1. The Labute approximate surface area is 167 Å². The molecule has 3 heterocycles. The maximum atomic E-state index is 12.8. The first kappa shape index (κ1) is 18.7. The van der Waals surface area contributed by atoms with Crippen LogP contribution in [0.15, 0.2) is 36.5 Å². The van der Waals surface area contributed by atoms with Gasteiger partial charge < -0.3 is 14.7 Å². The Balaban J connectivity index is 1.37. The van der Waals surface area contributed by atoms with Gasteiger partial charge in [-0.15, -0.1) is 0 Å². The second-order valence-corrected chi connectivity index (χ2v) is 7.59. The molecule has 0 aliphatic carbocycles. The highest BCUT2D eigenvalue weighted by molar-refractivity contribution is 5.94. The minimum Gasteiger partial charge on any atom is -0.353 e. The van der Waals surface area contributed by atoms with Gasteiger partial charge in [-0.1, -0.05) is 19.1 Å². The van der Waals surface area contributed by atoms with Crippen LogP contribution in [-0.2, 0) is 6.42 Å². The predicted molar refractivity (Wildman–Crippen MR) is 112 cm³/mol. The van der Waals surface area contributed by atoms with E-state index in [1.165, 1.54) is 24.8 Å². The number of anilines is 2. The quantitative estimate of drug-likeness (QED) is 0.817. The minimum absolute atomic E-state index is 0.124. The first-order chi connectivity index (χ1) is 13.7. The second-order valence-electron chi connectivity index (χ2n) is 7.59. The lowest BCUT2D eigenvalue weighted by Crippen LogP contribution is -2.49. The van der Waals surface area contributed by atoms with E-state index in [0.717, 1.165) is 63.0 Å². The highest BCUT2D eigenvalue weighted by Crippen LogP contribution is 2.20. The summed E-state index contributed by atoms with van der Waals surface area (Å²) in [5, 5.41) is 0. The zero-order valence-corrected chi connectivity index (χ0v) is 16.7. The maximum Gasteiger partial charge on any atom is 0.253 e. The van der Waals surface area contributed by atoms with E-state index in [9.17, 15) is 4.79 Å². The number of nitrogens with zero attached hydrogens (tertiary/aromatic N) is 5. The first-order valence-electron chi connectivity index (χ1n) is 10.5. The van der Waals surface area contributed by atoms with Crippen LogP contribution in [0.4, 0.5) is 11.8 Å². The molecule has 1 aromatic carbocycles. The molecular formula is C22H29N5O. The van der Waals surface area contributed by atoms with Gasteiger partial charge in [0.2, 0.25) is 5.95 Å². The van der Waals surface area contributed by atoms with Crippen molar-refractivity contribution in [2.24, 2.45) is 0 Å². The molecule has 2 aliphatic rings. The zero-order chi connectivity index (χ0) is 19.3. The van der Waals surface area contributed by atoms with E-state index in [-0.39, 0.29) is 5.91 Å². The molecule has 0 N–H and O–H groups in total. The van der Waals surface area contributed by atoms with Gasteiger partial charge in [0, 0.05) is 51.0 Å². The van der Waals surface area contributed by atoms with Gasteiger partial charge in [-0.3, -0.25) is 4.79 Å². The van der Waals surface area contributed by atoms with E-state index in [2.05, 4.69) is 21.7 Å². The first-order valence-corrected chi connectivity index (χ1v) is 10.5. The zero-order valence-electron chi connectivity index (χ0n) is 16.7. The van der Waals surface area contributed by atoms with Crippen LogP contribution in [0.3, 0.4) is 0 Å². The lowest BCUT2D eigenvalue weighted by Gasteiger charge is -2.36. The Morgan fingerprint density at radius 2 is 1.61 bits per heavy atom. The third kappa shape index (κ3) is 4.11. The number of hydrogen-bond donors (Lipinski definition) is 0. The summed E-state index contributed by atoms with van der Waals surface area (Å²) in [5.74, 6) is 1.93. The Morgan fingerprint density at radius 1 is 0.893 bits per heavy atom. The van der Waals surface area contributed by atoms with E-state index < -0.39 is 0 Å². The van der Waals surface area contributed by atoms with Gasteiger partial charge in [0.15, 0.2) is 0 Å². The SMILES string of the molecule is CCc1ccc(C(=O)N2CCN(c3ccnc(N4CCCCC4)n3)CC2)cc1. The number of carbonyl (C=O) groups excluding carboxylic acids is 1. The van der Waals surface area contributed by atoms with Crippen molar-refractivity contribution in [1.29, 1.82) is 0 Å². The summed E-state index contributed by atoms with van der Waals surface area (Å²) < 4.78 is 0. The van der Waals surface area contributed by atoms with E-state index in [4.69, 9.17) is 4.98 Å². The van der Waals surface area contributed by atoms with Crippen molar-refractivity contribution < 1.29 is 4.79 Å². The molecule has 28 heavy (non-hydrogen) atoms. The lowest BCUT2D eigenvalue weighted by molar-refractivity contribution is 0.0746. The van der Waals surface area contributed by atoms with Crippen LogP contribution in [-0.4, -0.2) is 60.0 Å². The number of piperazine rings is 1. The van der Waals surface area contributed by atoms with Gasteiger partial charge in [0.1, 0.15) is 5.82 Å². The van der Waals surface area contributed by atoms with Crippen LogP contribution < -0.4 is 9.80 Å². The Kier molecular flexibility index (Phi) is 5.74. The molecule has 6 heteroatoms. The normalized spacial score (nSPS) is 17.7. The number of benzene rings is 1. The maximum absolute atomic E-state index is 12.8. The second kappa shape index (κ2) is 8.59. The minimum atomic E-state index is 0.124. The molecule has 1 amide bonds. The lowest BCUT2D eigenvalue weighted by atomic mass is 10.1. The summed E-state index contributed by atoms with van der Waals surface area (Å²) in [7, 11) is 0. The monoisotopic (exact) mass is 379 g/mol. The predicted octanol–water partition coefficient (Wildman–Crippen LogP) is 2.99. The van der Waals surface area contributed by atoms with Crippen molar-refractivity contribution in [3.05, 3.63) is 47.7 Å². The summed E-state index contributed by atoms with van der Waals surface area (Å²) in [6, 6.07) is 9.97. The van der Waals surface area contributed by atoms with Crippen LogP contribution in [0.25, 0.3) is 0 Å². The van der Waals surface area contributed by atoms with Crippen molar-refractivity contribution in [2.75, 3.05) is 49.1 Å². The fourth-order valence-corrected chi connectivity index (χ4v) is 3.97. The number of aromatic nitrogens is 2. The van der Waals surface area contributed by atoms with Crippen LogP contribution in [0.1, 0.15) is 42.1 Å². The van der Waals surface area contributed by atoms with Gasteiger partial charge in [0.05, 0.1) is 0 Å². The molecule has 0 unspecified atom stereocenters. The van der Waals surface area contributed by atoms with E-state index in [0.29, 0.717) is 0 Å². The third-order valence-electron chi connectivity index (χ3n) is 5.77. The van der Waals surface area contributed by atoms with Crippen LogP contribution >= 0.6 is 0 Å². The Morgan fingerprint density at radius 3 is 2.29 bits per heavy atom. The van der Waals surface area contributed by atoms with Crippen molar-refractivity contribution in [2.45, 2.75) is 32.6 Å². The Hall–Kier alpha value is -2.63. The molecule has 0 spiro atoms. The molecule has 0 bridgehead atoms. The van der Waals surface area contributed by atoms with Crippen molar-refractivity contribution >= 4 is 17.7 Å². The van der Waals surface area contributed by atoms with Gasteiger partial charge >= 0.3 is 0 Å². The standard InChI is InChI=1S/C22H29N5O/c1-2-18-6-8-19(9-7-18)21(28)26-16-14-25(15-17-26)20-10-11-23-22(24-20)27-12-4-3-5-13-27/h6-11H,2-5,12-17H2,1H3. The summed E-state index contributed by atoms with van der Waals surface area (Å²) in [6.45, 7) is 7.25. The molecule has 0 atom stereocenters. The van der Waals surface area contributed by atoms with Crippen molar-refractivity contribution in [1.82, 2.24) is 14.9 Å². The topological polar surface area (TPSA) is 52.6 Å². The van der Waals surface area contributed by atoms with E-state index in [1.54, 1.807) is 0 Å². The molecule has 2 aromatic rings. The van der Waals surface area contributed by atoms with Crippen molar-refractivity contribution in [3.63, 3.8) is 0 Å². The van der Waals surface area contributed by atoms with Gasteiger partial charge in [-0.2, -0.15) is 4.98 Å². The van der Waals surface area contributed by atoms with Gasteiger partial charge in [0.25, 0.3) is 5.91 Å². The molecule has 1 aromatic heterocycles. The van der Waals surface area contributed by atoms with E-state index in [1.807, 2.05) is 41.4 Å². The number of carbonyl (C=O) groups is 1. The van der Waals surface area contributed by atoms with Crippen LogP contribution in [0.2, 0.25) is 0 Å². The average molecular weight is 380 g/mol. The average Bonchev–Trinajstić information content (AvgIpc) is 2.79. The molecule has 0 saturated carbocycles. The smallest absolute Gasteiger partial charge is 0.253 e. The molecule has 6 nitrogen and oxygen atoms in total. The number of piperidine rings is 1. The van der Waals surface area contributed by atoms with Gasteiger partial charge in [-0.25, -0.2) is 4.98 Å². The molecule has 2 aliphatic heterocycles. The fourth-order valence-electron chi connectivity index (χ4n) is 3.97. The fraction of sp³-hybridized carbons (Fsp3) is 0.500. The summed E-state index contributed by atoms with van der Waals surface area (Å²) in [4.78, 5) is 28.6. The van der Waals surface area contributed by atoms with Gasteiger partial charge in [-0.05, 0) is 49.4 Å². The number of hydrogen-bond acceptors (Lipinski definition) is 5. The van der Waals surface area contributed by atoms with E-state index >= 15 is 0 Å².